The third kappa shape index (κ3) is 6.04. The molecule has 0 bridgehead atoms. The van der Waals surface area contributed by atoms with E-state index in [1.54, 1.807) is 4.90 Å². The topological polar surface area (TPSA) is 83.3 Å². The molecule has 2 aromatic heterocycles. The normalized spacial score (nSPS) is 22.5. The van der Waals surface area contributed by atoms with Crippen LogP contribution < -0.4 is 4.74 Å². The Labute approximate surface area is 304 Å². The number of pyridine rings is 1. The van der Waals surface area contributed by atoms with Crippen LogP contribution in [0.5, 0.6) is 5.75 Å². The lowest BCUT2D eigenvalue weighted by molar-refractivity contribution is -0.128. The molecular weight excluding hydrogens is 671 g/mol. The molecule has 2 amide bonds. The molecule has 4 aromatic rings. The SMILES string of the molecule is CCOc1cc(C(C)(C)C)ncc1C1=N[C@@](C)(c2ccc(Cl)cc2)[C@@](C)(c2ccc(Cl)cc2)N1C1CN(C(=O)c2cccn2C)CCN1C=O. The monoisotopic (exact) mass is 714 g/mol. The number of carbonyl (C=O) groups is 2. The number of carbonyl (C=O) groups excluding carboxylic acids is 2. The second kappa shape index (κ2) is 13.4. The second-order valence-electron chi connectivity index (χ2n) is 14.3. The van der Waals surface area contributed by atoms with Gasteiger partial charge in [0.2, 0.25) is 6.41 Å². The lowest BCUT2D eigenvalue weighted by Gasteiger charge is -2.53. The van der Waals surface area contributed by atoms with Crippen LogP contribution in [0.4, 0.5) is 0 Å². The number of nitrogens with zero attached hydrogens (tertiary/aromatic N) is 6. The standard InChI is InChI=1S/C39H44Cl2N6O3/c1-8-50-32-22-33(37(2,3)4)42-23-30(32)35-43-38(5,26-11-15-28(40)16-12-26)39(6,27-13-17-29(41)18-14-27)47(35)34-24-45(20-21-46(34)25-48)36(49)31-10-9-19-44(31)7/h9-19,22-23,25,34H,8,20-21,24H2,1-7H3/t34?,38-,39+/m0/s1. The van der Waals surface area contributed by atoms with Gasteiger partial charge in [-0.1, -0.05) is 68.2 Å². The van der Waals surface area contributed by atoms with Gasteiger partial charge >= 0.3 is 0 Å². The number of piperazine rings is 1. The van der Waals surface area contributed by atoms with Gasteiger partial charge in [0.1, 0.15) is 29.0 Å². The van der Waals surface area contributed by atoms with E-state index in [4.69, 9.17) is 37.9 Å². The van der Waals surface area contributed by atoms with E-state index >= 15 is 0 Å². The van der Waals surface area contributed by atoms with E-state index in [0.29, 0.717) is 52.6 Å². The number of benzene rings is 2. The summed E-state index contributed by atoms with van der Waals surface area (Å²) in [5.74, 6) is 1.13. The molecule has 3 atom stereocenters. The van der Waals surface area contributed by atoms with Crippen molar-refractivity contribution in [2.75, 3.05) is 26.2 Å². The van der Waals surface area contributed by atoms with Crippen molar-refractivity contribution < 1.29 is 14.3 Å². The van der Waals surface area contributed by atoms with Crippen molar-refractivity contribution in [3.63, 3.8) is 0 Å². The van der Waals surface area contributed by atoms with Crippen LogP contribution in [0.2, 0.25) is 10.0 Å². The van der Waals surface area contributed by atoms with Gasteiger partial charge in [-0.15, -0.1) is 0 Å². The first-order valence-corrected chi connectivity index (χ1v) is 17.6. The molecule has 0 aliphatic carbocycles. The van der Waals surface area contributed by atoms with E-state index < -0.39 is 17.2 Å². The summed E-state index contributed by atoms with van der Waals surface area (Å²) in [6.07, 6.45) is 3.94. The molecule has 2 aliphatic heterocycles. The van der Waals surface area contributed by atoms with Crippen molar-refractivity contribution in [3.8, 4) is 5.75 Å². The molecule has 0 spiro atoms. The summed E-state index contributed by atoms with van der Waals surface area (Å²) in [5, 5.41) is 1.21. The highest BCUT2D eigenvalue weighted by Gasteiger charge is 2.60. The van der Waals surface area contributed by atoms with Crippen LogP contribution in [0.3, 0.4) is 0 Å². The van der Waals surface area contributed by atoms with Crippen LogP contribution in [0.1, 0.15) is 74.4 Å². The van der Waals surface area contributed by atoms with E-state index in [1.807, 2.05) is 103 Å². The fourth-order valence-corrected chi connectivity index (χ4v) is 7.47. The molecule has 9 nitrogen and oxygen atoms in total. The minimum Gasteiger partial charge on any atom is -0.493 e. The van der Waals surface area contributed by atoms with Crippen LogP contribution in [-0.4, -0.2) is 74.8 Å². The summed E-state index contributed by atoms with van der Waals surface area (Å²) in [5.41, 5.74) is 1.88. The maximum absolute atomic E-state index is 14.0. The molecular formula is C39H44Cl2N6O3. The molecule has 6 rings (SSSR count). The Bertz CT molecular complexity index is 1920. The first-order valence-electron chi connectivity index (χ1n) is 16.9. The van der Waals surface area contributed by atoms with E-state index in [9.17, 15) is 9.59 Å². The lowest BCUT2D eigenvalue weighted by Crippen LogP contribution is -2.67. The Balaban J connectivity index is 1.63. The third-order valence-electron chi connectivity index (χ3n) is 10.3. The Morgan fingerprint density at radius 2 is 1.64 bits per heavy atom. The van der Waals surface area contributed by atoms with Gasteiger partial charge in [0, 0.05) is 59.8 Å². The number of aromatic nitrogens is 2. The Kier molecular flexibility index (Phi) is 9.52. The van der Waals surface area contributed by atoms with Crippen molar-refractivity contribution in [3.05, 3.63) is 117 Å². The summed E-state index contributed by atoms with van der Waals surface area (Å²) >= 11 is 12.9. The highest BCUT2D eigenvalue weighted by atomic mass is 35.5. The average molecular weight is 716 g/mol. The number of ether oxygens (including phenoxy) is 1. The number of amidine groups is 1. The first-order chi connectivity index (χ1) is 23.7. The summed E-state index contributed by atoms with van der Waals surface area (Å²) in [6.45, 7) is 13.9. The number of aliphatic imine (C=N–C) groups is 1. The molecule has 1 unspecified atom stereocenters. The zero-order valence-corrected chi connectivity index (χ0v) is 31.2. The van der Waals surface area contributed by atoms with Crippen molar-refractivity contribution in [2.24, 2.45) is 12.0 Å². The Morgan fingerprint density at radius 3 is 2.20 bits per heavy atom. The number of amides is 2. The van der Waals surface area contributed by atoms with Gasteiger partial charge in [-0.2, -0.15) is 0 Å². The van der Waals surface area contributed by atoms with Gasteiger partial charge in [-0.3, -0.25) is 19.6 Å². The predicted molar refractivity (Wildman–Crippen MR) is 198 cm³/mol. The van der Waals surface area contributed by atoms with Gasteiger partial charge in [-0.05, 0) is 68.3 Å². The zero-order chi connectivity index (χ0) is 36.0. The van der Waals surface area contributed by atoms with Crippen LogP contribution in [0.25, 0.3) is 0 Å². The van der Waals surface area contributed by atoms with Crippen molar-refractivity contribution >= 4 is 41.4 Å². The van der Waals surface area contributed by atoms with Crippen molar-refractivity contribution in [2.45, 2.75) is 64.2 Å². The number of hydrogen-bond acceptors (Lipinski definition) is 6. The minimum absolute atomic E-state index is 0.106. The summed E-state index contributed by atoms with van der Waals surface area (Å²) in [4.78, 5) is 43.3. The summed E-state index contributed by atoms with van der Waals surface area (Å²) in [7, 11) is 1.86. The van der Waals surface area contributed by atoms with Crippen LogP contribution in [-0.2, 0) is 28.3 Å². The molecule has 0 N–H and O–H groups in total. The Hall–Kier alpha value is -4.34. The molecule has 1 saturated heterocycles. The van der Waals surface area contributed by atoms with Crippen LogP contribution in [0.15, 0.2) is 84.1 Å². The molecule has 50 heavy (non-hydrogen) atoms. The molecule has 0 radical (unpaired) electrons. The lowest BCUT2D eigenvalue weighted by atomic mass is 9.70. The Morgan fingerprint density at radius 1 is 1.00 bits per heavy atom. The van der Waals surface area contributed by atoms with Crippen molar-refractivity contribution in [1.82, 2.24) is 24.3 Å². The van der Waals surface area contributed by atoms with Gasteiger partial charge in [0.15, 0.2) is 0 Å². The average Bonchev–Trinajstić information content (AvgIpc) is 3.63. The largest absolute Gasteiger partial charge is 0.493 e. The smallest absolute Gasteiger partial charge is 0.270 e. The van der Waals surface area contributed by atoms with E-state index in [0.717, 1.165) is 23.2 Å². The van der Waals surface area contributed by atoms with Gasteiger partial charge in [0.25, 0.3) is 5.91 Å². The fraction of sp³-hybridized carbons (Fsp3) is 0.385. The molecule has 0 saturated carbocycles. The summed E-state index contributed by atoms with van der Waals surface area (Å²) < 4.78 is 8.16. The summed E-state index contributed by atoms with van der Waals surface area (Å²) in [6, 6.07) is 21.1. The van der Waals surface area contributed by atoms with Gasteiger partial charge < -0.3 is 24.0 Å². The van der Waals surface area contributed by atoms with Crippen molar-refractivity contribution in [1.29, 1.82) is 0 Å². The van der Waals surface area contributed by atoms with E-state index in [1.165, 1.54) is 0 Å². The fourth-order valence-electron chi connectivity index (χ4n) is 7.22. The van der Waals surface area contributed by atoms with E-state index in [2.05, 4.69) is 39.5 Å². The predicted octanol–water partition coefficient (Wildman–Crippen LogP) is 7.26. The van der Waals surface area contributed by atoms with Crippen LogP contribution in [0, 0.1) is 0 Å². The number of rotatable bonds is 8. The van der Waals surface area contributed by atoms with Gasteiger partial charge in [0.05, 0.1) is 24.3 Å². The molecule has 1 fully saturated rings. The maximum atomic E-state index is 14.0. The maximum Gasteiger partial charge on any atom is 0.270 e. The van der Waals surface area contributed by atoms with E-state index in [-0.39, 0.29) is 17.9 Å². The zero-order valence-electron chi connectivity index (χ0n) is 29.7. The quantitative estimate of drug-likeness (QED) is 0.180. The highest BCUT2D eigenvalue weighted by molar-refractivity contribution is 6.30. The molecule has 11 heteroatoms. The van der Waals surface area contributed by atoms with Crippen LogP contribution >= 0.6 is 23.2 Å². The second-order valence-corrected chi connectivity index (χ2v) is 15.2. The number of aryl methyl sites for hydroxylation is 1. The number of halogens is 2. The van der Waals surface area contributed by atoms with Gasteiger partial charge in [-0.25, -0.2) is 0 Å². The third-order valence-corrected chi connectivity index (χ3v) is 10.8. The molecule has 2 aromatic carbocycles. The highest BCUT2D eigenvalue weighted by Crippen LogP contribution is 2.55. The minimum atomic E-state index is -0.939. The first kappa shape index (κ1) is 35.5. The molecule has 2 aliphatic rings. The molecule has 4 heterocycles. The number of hydrogen-bond donors (Lipinski definition) is 0. The molecule has 262 valence electrons.